The van der Waals surface area contributed by atoms with Gasteiger partial charge in [0.1, 0.15) is 35.0 Å². The van der Waals surface area contributed by atoms with Crippen LogP contribution in [-0.2, 0) is 65.0 Å². The Morgan fingerprint density at radius 2 is 1.07 bits per heavy atom. The highest BCUT2D eigenvalue weighted by molar-refractivity contribution is 6.06. The van der Waals surface area contributed by atoms with E-state index in [-0.39, 0.29) is 5.78 Å². The zero-order valence-electron chi connectivity index (χ0n) is 37.9. The van der Waals surface area contributed by atoms with Crippen LogP contribution in [0, 0.1) is 0 Å². The maximum absolute atomic E-state index is 10.8. The van der Waals surface area contributed by atoms with Crippen LogP contribution < -0.4 is 5.73 Å². The Morgan fingerprint density at radius 1 is 0.590 bits per heavy atom. The molecule has 16 heteroatoms. The monoisotopic (exact) mass is 865 g/mol. The summed E-state index contributed by atoms with van der Waals surface area (Å²) < 4.78 is 56.2. The van der Waals surface area contributed by atoms with Gasteiger partial charge in [-0.1, -0.05) is 25.5 Å². The van der Waals surface area contributed by atoms with Crippen LogP contribution in [0.5, 0.6) is 0 Å². The van der Waals surface area contributed by atoms with Crippen LogP contribution in [0.1, 0.15) is 63.8 Å². The first-order chi connectivity index (χ1) is 29.8. The van der Waals surface area contributed by atoms with E-state index in [1.807, 2.05) is 0 Å². The number of nitrogens with one attached hydrogen (secondary N) is 1. The Labute approximate surface area is 364 Å². The number of nitrogens with two attached hydrogens (primary N) is 1. The largest absolute Gasteiger partial charge is 0.382 e. The third-order valence-electron chi connectivity index (χ3n) is 9.85. The molecule has 348 valence electrons. The van der Waals surface area contributed by atoms with Crippen molar-refractivity contribution < 1.29 is 56.6 Å². The Hall–Kier alpha value is -2.87. The predicted octanol–water partition coefficient (Wildman–Crippen LogP) is 4.97. The lowest BCUT2D eigenvalue weighted by molar-refractivity contribution is -0.891. The highest BCUT2D eigenvalue weighted by Crippen LogP contribution is 2.27. The summed E-state index contributed by atoms with van der Waals surface area (Å²) in [5, 5.41) is 1.06. The molecule has 3 rings (SSSR count). The number of hydrogen-bond donors (Lipinski definition) is 2. The summed E-state index contributed by atoms with van der Waals surface area (Å²) in [7, 11) is 4.54. The fourth-order valence-corrected chi connectivity index (χ4v) is 6.24. The SMILES string of the molecule is CCCCc1nc2c([nH]1)c(N)nc1cc(CCCCC[N+](C)(C)CCOCCOCCOCCOCCOCCOCCOCCOCCOCCOCCC(C)=O)ccc12. The lowest BCUT2D eigenvalue weighted by Crippen LogP contribution is -2.43. The van der Waals surface area contributed by atoms with E-state index in [1.165, 1.54) is 18.4 Å². The van der Waals surface area contributed by atoms with Gasteiger partial charge in [0.2, 0.25) is 0 Å². The Morgan fingerprint density at radius 3 is 1.54 bits per heavy atom. The van der Waals surface area contributed by atoms with E-state index in [2.05, 4.69) is 44.2 Å². The molecule has 0 spiro atoms. The minimum Gasteiger partial charge on any atom is -0.382 e. The van der Waals surface area contributed by atoms with Crippen LogP contribution in [0.15, 0.2) is 18.2 Å². The number of quaternary nitrogens is 1. The highest BCUT2D eigenvalue weighted by Gasteiger charge is 2.15. The number of unbranched alkanes of at least 4 members (excludes halogenated alkanes) is 3. The topological polar surface area (TPSA) is 177 Å². The van der Waals surface area contributed by atoms with Gasteiger partial charge in [-0.15, -0.1) is 0 Å². The molecule has 0 bridgehead atoms. The number of hydrogen-bond acceptors (Lipinski definition) is 14. The van der Waals surface area contributed by atoms with Crippen LogP contribution in [0.2, 0.25) is 0 Å². The average Bonchev–Trinajstić information content (AvgIpc) is 3.68. The van der Waals surface area contributed by atoms with Crippen molar-refractivity contribution in [1.82, 2.24) is 15.0 Å². The second-order valence-corrected chi connectivity index (χ2v) is 15.6. The molecule has 16 nitrogen and oxygen atoms in total. The van der Waals surface area contributed by atoms with Gasteiger partial charge in [-0.05, 0) is 50.7 Å². The number of likely N-dealkylation sites (N-methyl/N-ethyl adjacent to an activating group) is 1. The van der Waals surface area contributed by atoms with Gasteiger partial charge in [-0.3, -0.25) is 4.79 Å². The van der Waals surface area contributed by atoms with E-state index in [9.17, 15) is 4.79 Å². The van der Waals surface area contributed by atoms with Crippen molar-refractivity contribution in [1.29, 1.82) is 0 Å². The number of nitrogen functional groups attached to an aromatic ring is 1. The highest BCUT2D eigenvalue weighted by atomic mass is 16.6. The van der Waals surface area contributed by atoms with Crippen LogP contribution >= 0.6 is 0 Å². The molecule has 0 amide bonds. The van der Waals surface area contributed by atoms with E-state index in [0.29, 0.717) is 144 Å². The van der Waals surface area contributed by atoms with Crippen LogP contribution in [-0.4, -0.2) is 185 Å². The molecule has 0 aliphatic heterocycles. The molecule has 0 aliphatic carbocycles. The molecular formula is C45H78N5O11+. The number of anilines is 1. The smallest absolute Gasteiger partial charge is 0.150 e. The zero-order valence-corrected chi connectivity index (χ0v) is 37.9. The van der Waals surface area contributed by atoms with Gasteiger partial charge in [0.05, 0.1) is 158 Å². The lowest BCUT2D eigenvalue weighted by Gasteiger charge is -2.29. The van der Waals surface area contributed by atoms with Gasteiger partial charge in [-0.2, -0.15) is 0 Å². The molecule has 3 aromatic rings. The molecule has 3 N–H and O–H groups in total. The Balaban J connectivity index is 1.01. The summed E-state index contributed by atoms with van der Waals surface area (Å²) in [4.78, 5) is 23.7. The molecule has 0 fully saturated rings. The first-order valence-electron chi connectivity index (χ1n) is 22.4. The predicted molar refractivity (Wildman–Crippen MR) is 237 cm³/mol. The molecular weight excluding hydrogens is 787 g/mol. The zero-order chi connectivity index (χ0) is 43.6. The van der Waals surface area contributed by atoms with Crippen molar-refractivity contribution in [2.24, 2.45) is 0 Å². The quantitative estimate of drug-likeness (QED) is 0.0577. The molecule has 1 aromatic carbocycles. The number of ketones is 1. The Bertz CT molecular complexity index is 1560. The second kappa shape index (κ2) is 33.7. The van der Waals surface area contributed by atoms with Crippen molar-refractivity contribution in [3.05, 3.63) is 29.6 Å². The normalized spacial score (nSPS) is 12.1. The number of rotatable bonds is 42. The summed E-state index contributed by atoms with van der Waals surface area (Å²) in [6, 6.07) is 6.54. The number of imidazole rings is 1. The number of carbonyl (C=O) groups is 1. The van der Waals surface area contributed by atoms with Crippen molar-refractivity contribution in [2.45, 2.75) is 65.2 Å². The number of Topliss-reactive ketones (excluding diaryl/α,β-unsaturated/α-hetero) is 1. The molecule has 0 unspecified atom stereocenters. The van der Waals surface area contributed by atoms with Gasteiger partial charge in [0.15, 0.2) is 0 Å². The minimum absolute atomic E-state index is 0.126. The standard InChI is InChI=1S/C45H78N5O11/c1-5-6-11-42-48-43-40-13-12-39(37-41(40)47-45(46)44(43)49-42)10-8-7-9-15-50(3,4)16-18-53-20-22-55-24-26-57-28-30-59-32-34-61-36-35-60-33-31-58-29-27-56-25-23-54-21-19-52-17-14-38(2)51/h12-13,37H,5-11,14-36H2,1-4H3,(H2,46,47)(H,48,49)/q+1. The molecule has 0 saturated carbocycles. The van der Waals surface area contributed by atoms with Gasteiger partial charge in [-0.25, -0.2) is 9.97 Å². The van der Waals surface area contributed by atoms with Gasteiger partial charge >= 0.3 is 0 Å². The van der Waals surface area contributed by atoms with Crippen LogP contribution in [0.25, 0.3) is 21.9 Å². The van der Waals surface area contributed by atoms with Gasteiger partial charge in [0, 0.05) is 18.2 Å². The lowest BCUT2D eigenvalue weighted by atomic mass is 10.0. The third-order valence-corrected chi connectivity index (χ3v) is 9.85. The number of nitrogens with zero attached hydrogens (tertiary/aromatic N) is 3. The van der Waals surface area contributed by atoms with Crippen LogP contribution in [0.3, 0.4) is 0 Å². The minimum atomic E-state index is 0.126. The summed E-state index contributed by atoms with van der Waals surface area (Å²) in [6.45, 7) is 16.2. The average molecular weight is 865 g/mol. The van der Waals surface area contributed by atoms with Crippen LogP contribution in [0.4, 0.5) is 5.82 Å². The number of carbonyl (C=O) groups excluding carboxylic acids is 1. The third kappa shape index (κ3) is 25.1. The maximum Gasteiger partial charge on any atom is 0.150 e. The fraction of sp³-hybridized carbons (Fsp3) is 0.756. The van der Waals surface area contributed by atoms with E-state index >= 15 is 0 Å². The number of ether oxygens (including phenoxy) is 10. The summed E-state index contributed by atoms with van der Waals surface area (Å²) in [5.41, 5.74) is 10.3. The number of H-pyrrole nitrogens is 1. The summed E-state index contributed by atoms with van der Waals surface area (Å²) >= 11 is 0. The van der Waals surface area contributed by atoms with Gasteiger partial charge in [0.25, 0.3) is 0 Å². The van der Waals surface area contributed by atoms with E-state index in [0.717, 1.165) is 77.4 Å². The number of pyridine rings is 1. The molecule has 0 aliphatic rings. The van der Waals surface area contributed by atoms with E-state index < -0.39 is 0 Å². The number of benzene rings is 1. The molecule has 0 atom stereocenters. The second-order valence-electron chi connectivity index (χ2n) is 15.6. The summed E-state index contributed by atoms with van der Waals surface area (Å²) in [5.74, 6) is 1.63. The first kappa shape index (κ1) is 52.5. The number of aromatic amines is 1. The first-order valence-corrected chi connectivity index (χ1v) is 22.4. The number of fused-ring (bicyclic) bond motifs is 3. The molecule has 61 heavy (non-hydrogen) atoms. The number of aromatic nitrogens is 3. The molecule has 0 radical (unpaired) electrons. The number of aryl methyl sites for hydroxylation is 2. The molecule has 0 saturated heterocycles. The van der Waals surface area contributed by atoms with Crippen molar-refractivity contribution in [3.8, 4) is 0 Å². The van der Waals surface area contributed by atoms with Crippen molar-refractivity contribution in [3.63, 3.8) is 0 Å². The molecule has 2 heterocycles. The summed E-state index contributed by atoms with van der Waals surface area (Å²) in [6.07, 6.45) is 8.13. The maximum atomic E-state index is 10.8. The van der Waals surface area contributed by atoms with E-state index in [4.69, 9.17) is 63.1 Å². The van der Waals surface area contributed by atoms with Gasteiger partial charge < -0.3 is 62.6 Å². The van der Waals surface area contributed by atoms with Crippen molar-refractivity contribution in [2.75, 3.05) is 165 Å². The van der Waals surface area contributed by atoms with E-state index in [1.54, 1.807) is 6.92 Å². The molecule has 2 aromatic heterocycles. The Kier molecular flexibility index (Phi) is 29.0. The fourth-order valence-electron chi connectivity index (χ4n) is 6.24. The van der Waals surface area contributed by atoms with Crippen molar-refractivity contribution >= 4 is 33.5 Å².